The van der Waals surface area contributed by atoms with Crippen LogP contribution in [0.1, 0.15) is 23.1 Å². The van der Waals surface area contributed by atoms with Crippen LogP contribution in [-0.2, 0) is 6.42 Å². The van der Waals surface area contributed by atoms with E-state index in [0.29, 0.717) is 10.9 Å². The lowest BCUT2D eigenvalue weighted by atomic mass is 9.94. The van der Waals surface area contributed by atoms with Crippen LogP contribution in [0.4, 0.5) is 8.78 Å². The summed E-state index contributed by atoms with van der Waals surface area (Å²) in [4.78, 5) is 0. The molecular formula is C28H19ClF2. The lowest BCUT2D eigenvalue weighted by molar-refractivity contribution is 0.628. The minimum absolute atomic E-state index is 0.0318. The Labute approximate surface area is 185 Å². The Morgan fingerprint density at radius 1 is 0.903 bits per heavy atom. The smallest absolute Gasteiger partial charge is 0.146 e. The minimum atomic E-state index is -0.548. The van der Waals surface area contributed by atoms with Gasteiger partial charge in [0, 0.05) is 10.9 Å². The third kappa shape index (κ3) is 4.53. The molecule has 0 saturated heterocycles. The molecule has 0 fully saturated rings. The van der Waals surface area contributed by atoms with Crippen molar-refractivity contribution in [2.24, 2.45) is 0 Å². The minimum Gasteiger partial charge on any atom is -0.205 e. The number of rotatable bonds is 4. The molecule has 0 N–H and O–H groups in total. The molecule has 4 aromatic rings. The summed E-state index contributed by atoms with van der Waals surface area (Å²) in [6.45, 7) is 3.80. The molecule has 0 aromatic heterocycles. The van der Waals surface area contributed by atoms with Gasteiger partial charge in [0.2, 0.25) is 0 Å². The van der Waals surface area contributed by atoms with Gasteiger partial charge < -0.3 is 0 Å². The lowest BCUT2D eigenvalue weighted by Gasteiger charge is -2.11. The predicted molar refractivity (Wildman–Crippen MR) is 125 cm³/mol. The zero-order valence-electron chi connectivity index (χ0n) is 16.8. The second-order valence-electron chi connectivity index (χ2n) is 7.23. The van der Waals surface area contributed by atoms with Gasteiger partial charge >= 0.3 is 0 Å². The molecular weight excluding hydrogens is 410 g/mol. The summed E-state index contributed by atoms with van der Waals surface area (Å²) >= 11 is 5.69. The summed E-state index contributed by atoms with van der Waals surface area (Å²) in [5, 5.41) is 1.34. The van der Waals surface area contributed by atoms with Crippen molar-refractivity contribution in [3.05, 3.63) is 119 Å². The number of fused-ring (bicyclic) bond motifs is 1. The number of aryl methyl sites for hydroxylation is 1. The molecule has 0 heterocycles. The summed E-state index contributed by atoms with van der Waals surface area (Å²) in [6.07, 6.45) is 3.72. The van der Waals surface area contributed by atoms with Crippen LogP contribution < -0.4 is 0 Å². The van der Waals surface area contributed by atoms with Gasteiger partial charge in [0.15, 0.2) is 0 Å². The summed E-state index contributed by atoms with van der Waals surface area (Å²) in [6, 6.07) is 21.8. The normalized spacial score (nSPS) is 10.5. The maximum absolute atomic E-state index is 15.1. The Morgan fingerprint density at radius 3 is 2.55 bits per heavy atom. The van der Waals surface area contributed by atoms with Gasteiger partial charge in [0.05, 0.1) is 10.6 Å². The molecule has 0 aliphatic heterocycles. The first-order valence-corrected chi connectivity index (χ1v) is 10.3. The second kappa shape index (κ2) is 9.16. The van der Waals surface area contributed by atoms with Crippen molar-refractivity contribution in [2.45, 2.75) is 12.8 Å². The topological polar surface area (TPSA) is 0 Å². The van der Waals surface area contributed by atoms with Crippen molar-refractivity contribution in [1.82, 2.24) is 0 Å². The fourth-order valence-electron chi connectivity index (χ4n) is 3.55. The molecule has 31 heavy (non-hydrogen) atoms. The van der Waals surface area contributed by atoms with Gasteiger partial charge in [0.1, 0.15) is 11.6 Å². The van der Waals surface area contributed by atoms with Crippen LogP contribution in [0.2, 0.25) is 5.02 Å². The highest BCUT2D eigenvalue weighted by atomic mass is 35.5. The van der Waals surface area contributed by atoms with Crippen LogP contribution in [0.25, 0.3) is 21.9 Å². The highest BCUT2D eigenvalue weighted by Crippen LogP contribution is 2.30. The van der Waals surface area contributed by atoms with Crippen molar-refractivity contribution in [3.63, 3.8) is 0 Å². The Bertz CT molecular complexity index is 1340. The first kappa shape index (κ1) is 20.8. The largest absolute Gasteiger partial charge is 0.205 e. The van der Waals surface area contributed by atoms with E-state index in [4.69, 9.17) is 11.6 Å². The fraction of sp³-hybridized carbons (Fsp3) is 0.0714. The van der Waals surface area contributed by atoms with Gasteiger partial charge in [-0.3, -0.25) is 0 Å². The number of hydrogen-bond donors (Lipinski definition) is 0. The predicted octanol–water partition coefficient (Wildman–Crippen LogP) is 7.96. The molecule has 4 rings (SSSR count). The highest BCUT2D eigenvalue weighted by molar-refractivity contribution is 6.30. The van der Waals surface area contributed by atoms with Gasteiger partial charge in [-0.1, -0.05) is 72.0 Å². The van der Waals surface area contributed by atoms with Gasteiger partial charge in [-0.15, -0.1) is 6.58 Å². The third-order valence-corrected chi connectivity index (χ3v) is 5.47. The Hall–Kier alpha value is -3.41. The first-order valence-electron chi connectivity index (χ1n) is 9.95. The van der Waals surface area contributed by atoms with Gasteiger partial charge in [-0.05, 0) is 65.3 Å². The molecule has 0 nitrogen and oxygen atoms in total. The zero-order chi connectivity index (χ0) is 21.8. The molecule has 0 aliphatic rings. The number of hydrogen-bond acceptors (Lipinski definition) is 0. The van der Waals surface area contributed by atoms with E-state index in [2.05, 4.69) is 30.6 Å². The maximum atomic E-state index is 15.1. The average molecular weight is 429 g/mol. The third-order valence-electron chi connectivity index (χ3n) is 5.16. The summed E-state index contributed by atoms with van der Waals surface area (Å²) in [7, 11) is 0. The van der Waals surface area contributed by atoms with Gasteiger partial charge in [-0.2, -0.15) is 0 Å². The van der Waals surface area contributed by atoms with E-state index in [1.165, 1.54) is 17.7 Å². The van der Waals surface area contributed by atoms with E-state index in [1.54, 1.807) is 18.2 Å². The average Bonchev–Trinajstić information content (AvgIpc) is 2.79. The highest BCUT2D eigenvalue weighted by Gasteiger charge is 2.09. The quantitative estimate of drug-likeness (QED) is 0.228. The van der Waals surface area contributed by atoms with Crippen molar-refractivity contribution < 1.29 is 8.78 Å². The fourth-order valence-corrected chi connectivity index (χ4v) is 3.66. The van der Waals surface area contributed by atoms with E-state index in [1.807, 2.05) is 36.4 Å². The molecule has 0 spiro atoms. The Morgan fingerprint density at radius 2 is 1.74 bits per heavy atom. The van der Waals surface area contributed by atoms with Crippen molar-refractivity contribution >= 4 is 22.4 Å². The SMILES string of the molecule is C=CCCc1ccccc1-c1ccc2c(F)c(C#Cc3ccc(Cl)c(F)c3)ccc2c1. The van der Waals surface area contributed by atoms with Crippen LogP contribution >= 0.6 is 11.6 Å². The van der Waals surface area contributed by atoms with Crippen LogP contribution in [0, 0.1) is 23.5 Å². The Kier molecular flexibility index (Phi) is 6.16. The van der Waals surface area contributed by atoms with E-state index in [-0.39, 0.29) is 16.4 Å². The molecule has 0 radical (unpaired) electrons. The van der Waals surface area contributed by atoms with Crippen molar-refractivity contribution in [2.75, 3.05) is 0 Å². The van der Waals surface area contributed by atoms with Gasteiger partial charge in [0.25, 0.3) is 0 Å². The monoisotopic (exact) mass is 428 g/mol. The zero-order valence-corrected chi connectivity index (χ0v) is 17.5. The molecule has 0 atom stereocenters. The molecule has 0 saturated carbocycles. The summed E-state index contributed by atoms with van der Waals surface area (Å²) in [5.74, 6) is 4.67. The number of benzene rings is 4. The standard InChI is InChI=1S/C28H19ClF2/c1-2-3-6-20-7-4-5-8-24(20)22-14-15-25-23(18-22)13-12-21(28(25)31)11-9-19-10-16-26(29)27(30)17-19/h2,4-5,7-8,10,12-18H,1,3,6H2. The van der Waals surface area contributed by atoms with E-state index in [0.717, 1.165) is 29.4 Å². The molecule has 0 aliphatic carbocycles. The van der Waals surface area contributed by atoms with E-state index >= 15 is 4.39 Å². The van der Waals surface area contributed by atoms with E-state index in [9.17, 15) is 4.39 Å². The van der Waals surface area contributed by atoms with Gasteiger partial charge in [-0.25, -0.2) is 8.78 Å². The van der Waals surface area contributed by atoms with Crippen molar-refractivity contribution in [1.29, 1.82) is 0 Å². The maximum Gasteiger partial charge on any atom is 0.146 e. The van der Waals surface area contributed by atoms with E-state index < -0.39 is 5.82 Å². The van der Waals surface area contributed by atoms with Crippen LogP contribution in [0.15, 0.2) is 85.5 Å². The first-order chi connectivity index (χ1) is 15.1. The Balaban J connectivity index is 1.70. The number of halogens is 3. The number of allylic oxidation sites excluding steroid dienone is 1. The second-order valence-corrected chi connectivity index (χ2v) is 7.63. The molecule has 0 bridgehead atoms. The van der Waals surface area contributed by atoms with Crippen LogP contribution in [-0.4, -0.2) is 0 Å². The van der Waals surface area contributed by atoms with Crippen LogP contribution in [0.5, 0.6) is 0 Å². The summed E-state index contributed by atoms with van der Waals surface area (Å²) < 4.78 is 28.7. The molecule has 4 aromatic carbocycles. The molecule has 152 valence electrons. The molecule has 3 heteroatoms. The lowest BCUT2D eigenvalue weighted by Crippen LogP contribution is -1.91. The van der Waals surface area contributed by atoms with Crippen LogP contribution in [0.3, 0.4) is 0 Å². The molecule has 0 amide bonds. The molecule has 0 unspecified atom stereocenters. The summed E-state index contributed by atoms with van der Waals surface area (Å²) in [5.41, 5.74) is 4.12. The van der Waals surface area contributed by atoms with Crippen molar-refractivity contribution in [3.8, 4) is 23.0 Å².